The van der Waals surface area contributed by atoms with Crippen LogP contribution in [-0.2, 0) is 17.6 Å². The van der Waals surface area contributed by atoms with Gasteiger partial charge in [0.1, 0.15) is 18.0 Å². The molecule has 0 bridgehead atoms. The standard InChI is InChI=1S/C16H21NO5/c1-7-4-9-13(11(17)6-12(18)19)14-10(5-8(2)21-14)15(20-3)16(9)22-7/h7-8,11H,4-6,17H2,1-3H3,(H,18,19). The Balaban J connectivity index is 2.19. The fourth-order valence-electron chi connectivity index (χ4n) is 3.41. The fraction of sp³-hybridized carbons (Fsp3) is 0.562. The first-order valence-electron chi connectivity index (χ1n) is 7.48. The summed E-state index contributed by atoms with van der Waals surface area (Å²) in [6.45, 7) is 3.95. The molecule has 3 rings (SSSR count). The highest BCUT2D eigenvalue weighted by molar-refractivity contribution is 5.71. The molecule has 6 nitrogen and oxygen atoms in total. The van der Waals surface area contributed by atoms with E-state index in [0.29, 0.717) is 30.1 Å². The molecule has 0 saturated carbocycles. The third-order valence-corrected chi connectivity index (χ3v) is 4.19. The van der Waals surface area contributed by atoms with Gasteiger partial charge in [-0.05, 0) is 13.8 Å². The Morgan fingerprint density at radius 3 is 2.45 bits per heavy atom. The van der Waals surface area contributed by atoms with Crippen LogP contribution in [0.2, 0.25) is 0 Å². The van der Waals surface area contributed by atoms with Gasteiger partial charge in [0.2, 0.25) is 0 Å². The van der Waals surface area contributed by atoms with E-state index in [1.165, 1.54) is 0 Å². The number of aliphatic carboxylic acids is 1. The number of fused-ring (bicyclic) bond motifs is 2. The van der Waals surface area contributed by atoms with E-state index >= 15 is 0 Å². The Hall–Kier alpha value is -1.95. The maximum absolute atomic E-state index is 11.1. The van der Waals surface area contributed by atoms with Gasteiger partial charge in [-0.15, -0.1) is 0 Å². The van der Waals surface area contributed by atoms with E-state index in [4.69, 9.17) is 25.1 Å². The molecule has 0 spiro atoms. The minimum atomic E-state index is -0.927. The van der Waals surface area contributed by atoms with Crippen molar-refractivity contribution < 1.29 is 24.1 Å². The molecule has 6 heteroatoms. The Labute approximate surface area is 129 Å². The van der Waals surface area contributed by atoms with Crippen LogP contribution in [0.3, 0.4) is 0 Å². The van der Waals surface area contributed by atoms with Crippen molar-refractivity contribution in [2.75, 3.05) is 7.11 Å². The molecule has 0 radical (unpaired) electrons. The van der Waals surface area contributed by atoms with Crippen molar-refractivity contribution in [1.82, 2.24) is 0 Å². The number of rotatable bonds is 4. The van der Waals surface area contributed by atoms with Crippen LogP contribution in [0, 0.1) is 0 Å². The van der Waals surface area contributed by atoms with Crippen molar-refractivity contribution in [2.45, 2.75) is 51.4 Å². The second kappa shape index (κ2) is 5.35. The zero-order valence-corrected chi connectivity index (χ0v) is 13.0. The number of benzene rings is 1. The number of hydrogen-bond donors (Lipinski definition) is 2. The summed E-state index contributed by atoms with van der Waals surface area (Å²) in [6.07, 6.45) is 1.27. The second-order valence-corrected chi connectivity index (χ2v) is 6.03. The molecule has 0 fully saturated rings. The lowest BCUT2D eigenvalue weighted by molar-refractivity contribution is -0.137. The van der Waals surface area contributed by atoms with Gasteiger partial charge in [0, 0.05) is 35.6 Å². The minimum absolute atomic E-state index is 0.0135. The number of carboxylic acid groups (broad SMARTS) is 1. The smallest absolute Gasteiger partial charge is 0.305 e. The monoisotopic (exact) mass is 307 g/mol. The highest BCUT2D eigenvalue weighted by Gasteiger charge is 2.38. The van der Waals surface area contributed by atoms with Crippen molar-refractivity contribution in [3.8, 4) is 17.2 Å². The summed E-state index contributed by atoms with van der Waals surface area (Å²) in [5.41, 5.74) is 8.78. The largest absolute Gasteiger partial charge is 0.492 e. The lowest BCUT2D eigenvalue weighted by atomic mass is 9.91. The van der Waals surface area contributed by atoms with Gasteiger partial charge in [-0.1, -0.05) is 0 Å². The quantitative estimate of drug-likeness (QED) is 0.881. The molecule has 2 aliphatic heterocycles. The van der Waals surface area contributed by atoms with Crippen LogP contribution in [0.15, 0.2) is 0 Å². The number of carboxylic acids is 1. The molecule has 22 heavy (non-hydrogen) atoms. The van der Waals surface area contributed by atoms with Crippen molar-refractivity contribution in [3.63, 3.8) is 0 Å². The van der Waals surface area contributed by atoms with Gasteiger partial charge >= 0.3 is 5.97 Å². The van der Waals surface area contributed by atoms with E-state index in [1.807, 2.05) is 13.8 Å². The van der Waals surface area contributed by atoms with Crippen molar-refractivity contribution in [3.05, 3.63) is 16.7 Å². The third-order valence-electron chi connectivity index (χ3n) is 4.19. The first kappa shape index (κ1) is 15.0. The predicted molar refractivity (Wildman–Crippen MR) is 79.8 cm³/mol. The van der Waals surface area contributed by atoms with Gasteiger partial charge in [0.25, 0.3) is 0 Å². The molecule has 3 atom stereocenters. The molecule has 2 heterocycles. The number of ether oxygens (including phenoxy) is 3. The van der Waals surface area contributed by atoms with Crippen LogP contribution in [-0.4, -0.2) is 30.4 Å². The maximum atomic E-state index is 11.1. The Kier molecular flexibility index (Phi) is 3.64. The first-order chi connectivity index (χ1) is 10.4. The fourth-order valence-corrected chi connectivity index (χ4v) is 3.41. The predicted octanol–water partition coefficient (Wildman–Crippen LogP) is 1.82. The molecule has 0 amide bonds. The van der Waals surface area contributed by atoms with Gasteiger partial charge in [-0.3, -0.25) is 4.79 Å². The van der Waals surface area contributed by atoms with E-state index in [9.17, 15) is 4.79 Å². The van der Waals surface area contributed by atoms with Gasteiger partial charge in [0.05, 0.1) is 13.5 Å². The van der Waals surface area contributed by atoms with Crippen LogP contribution in [0.4, 0.5) is 0 Å². The molecule has 1 aromatic carbocycles. The molecular weight excluding hydrogens is 286 g/mol. The summed E-state index contributed by atoms with van der Waals surface area (Å²) in [5.74, 6) is 1.16. The van der Waals surface area contributed by atoms with Crippen LogP contribution in [0.5, 0.6) is 17.2 Å². The molecule has 0 saturated heterocycles. The van der Waals surface area contributed by atoms with Crippen LogP contribution < -0.4 is 19.9 Å². The van der Waals surface area contributed by atoms with E-state index in [2.05, 4.69) is 0 Å². The second-order valence-electron chi connectivity index (χ2n) is 6.03. The number of hydrogen-bond acceptors (Lipinski definition) is 5. The van der Waals surface area contributed by atoms with E-state index in [1.54, 1.807) is 7.11 Å². The molecule has 3 N–H and O–H groups in total. The molecule has 2 aliphatic rings. The number of carbonyl (C=O) groups is 1. The zero-order valence-electron chi connectivity index (χ0n) is 13.0. The van der Waals surface area contributed by atoms with Gasteiger partial charge < -0.3 is 25.1 Å². The Morgan fingerprint density at radius 2 is 1.86 bits per heavy atom. The maximum Gasteiger partial charge on any atom is 0.305 e. The molecule has 3 unspecified atom stereocenters. The highest BCUT2D eigenvalue weighted by atomic mass is 16.5. The summed E-state index contributed by atoms with van der Waals surface area (Å²) < 4.78 is 17.4. The summed E-state index contributed by atoms with van der Waals surface area (Å²) >= 11 is 0. The number of nitrogens with two attached hydrogens (primary N) is 1. The van der Waals surface area contributed by atoms with Crippen LogP contribution in [0.25, 0.3) is 0 Å². The molecule has 120 valence electrons. The lowest BCUT2D eigenvalue weighted by Crippen LogP contribution is -2.18. The summed E-state index contributed by atoms with van der Waals surface area (Å²) in [5, 5.41) is 9.07. The Morgan fingerprint density at radius 1 is 1.27 bits per heavy atom. The van der Waals surface area contributed by atoms with Crippen LogP contribution in [0.1, 0.15) is 43.0 Å². The third kappa shape index (κ3) is 2.27. The Bertz CT molecular complexity index is 588. The van der Waals surface area contributed by atoms with Crippen molar-refractivity contribution in [2.24, 2.45) is 5.73 Å². The van der Waals surface area contributed by atoms with Crippen LogP contribution >= 0.6 is 0 Å². The highest BCUT2D eigenvalue weighted by Crippen LogP contribution is 2.52. The lowest BCUT2D eigenvalue weighted by Gasteiger charge is -2.20. The average molecular weight is 307 g/mol. The normalized spacial score (nSPS) is 23.3. The van der Waals surface area contributed by atoms with E-state index in [0.717, 1.165) is 16.7 Å². The van der Waals surface area contributed by atoms with Gasteiger partial charge in [-0.25, -0.2) is 0 Å². The summed E-state index contributed by atoms with van der Waals surface area (Å²) in [6, 6.07) is -0.620. The SMILES string of the molecule is COc1c2c(c(C(N)CC(=O)O)c3c1OC(C)C3)OC(C)C2. The topological polar surface area (TPSA) is 91.0 Å². The average Bonchev–Trinajstić information content (AvgIpc) is 2.96. The molecule has 0 aromatic heterocycles. The zero-order chi connectivity index (χ0) is 16.0. The first-order valence-corrected chi connectivity index (χ1v) is 7.48. The van der Waals surface area contributed by atoms with Crippen molar-refractivity contribution in [1.29, 1.82) is 0 Å². The van der Waals surface area contributed by atoms with E-state index < -0.39 is 12.0 Å². The van der Waals surface area contributed by atoms with Gasteiger partial charge in [-0.2, -0.15) is 0 Å². The molecule has 0 aliphatic carbocycles. The molecular formula is C16H21NO5. The summed E-state index contributed by atoms with van der Waals surface area (Å²) in [4.78, 5) is 11.1. The van der Waals surface area contributed by atoms with Crippen molar-refractivity contribution >= 4 is 5.97 Å². The number of methoxy groups -OCH3 is 1. The summed E-state index contributed by atoms with van der Waals surface area (Å²) in [7, 11) is 1.61. The minimum Gasteiger partial charge on any atom is -0.492 e. The van der Waals surface area contributed by atoms with E-state index in [-0.39, 0.29) is 18.6 Å². The van der Waals surface area contributed by atoms with Gasteiger partial charge in [0.15, 0.2) is 11.5 Å². The molecule has 1 aromatic rings.